The lowest BCUT2D eigenvalue weighted by Gasteiger charge is -2.12. The zero-order chi connectivity index (χ0) is 23.9. The van der Waals surface area contributed by atoms with Gasteiger partial charge in [0.1, 0.15) is 11.5 Å². The molecule has 0 unspecified atom stereocenters. The number of ether oxygens (including phenoxy) is 2. The highest BCUT2D eigenvalue weighted by Gasteiger charge is 2.15. The third kappa shape index (κ3) is 5.32. The van der Waals surface area contributed by atoms with Gasteiger partial charge < -0.3 is 20.1 Å². The Hall–Kier alpha value is -4.39. The molecule has 172 valence electrons. The molecule has 0 saturated carbocycles. The lowest BCUT2D eigenvalue weighted by Crippen LogP contribution is -2.28. The number of carbonyl (C=O) groups excluding carboxylic acids is 2. The van der Waals surface area contributed by atoms with Crippen LogP contribution in [0.2, 0.25) is 0 Å². The average molecular weight is 456 g/mol. The van der Waals surface area contributed by atoms with Crippen molar-refractivity contribution in [1.29, 1.82) is 0 Å². The normalized spacial score (nSPS) is 10.5. The standard InChI is InChI=1S/C27H25N3O4/c1-3-28-26(31)17-34-21-8-6-7-19(15-21)29-27(32)23-16-25(18-11-13-20(33-2)14-12-18)30-24-10-5-4-9-22(23)24/h4-16H,3,17H2,1-2H3,(H,28,31)(H,29,32). The van der Waals surface area contributed by atoms with Crippen LogP contribution < -0.4 is 20.1 Å². The quantitative estimate of drug-likeness (QED) is 0.403. The zero-order valence-electron chi connectivity index (χ0n) is 19.0. The summed E-state index contributed by atoms with van der Waals surface area (Å²) in [4.78, 5) is 29.7. The monoisotopic (exact) mass is 455 g/mol. The predicted octanol–water partition coefficient (Wildman–Crippen LogP) is 4.68. The van der Waals surface area contributed by atoms with Gasteiger partial charge in [0.2, 0.25) is 0 Å². The van der Waals surface area contributed by atoms with Crippen molar-refractivity contribution in [1.82, 2.24) is 10.3 Å². The number of carbonyl (C=O) groups is 2. The summed E-state index contributed by atoms with van der Waals surface area (Å²) in [5, 5.41) is 6.36. The molecule has 7 nitrogen and oxygen atoms in total. The van der Waals surface area contributed by atoms with Crippen LogP contribution in [-0.2, 0) is 4.79 Å². The van der Waals surface area contributed by atoms with E-state index in [0.29, 0.717) is 29.2 Å². The molecule has 0 spiro atoms. The molecule has 0 fully saturated rings. The average Bonchev–Trinajstić information content (AvgIpc) is 2.87. The van der Waals surface area contributed by atoms with Crippen molar-refractivity contribution in [3.05, 3.63) is 84.4 Å². The Morgan fingerprint density at radius 3 is 2.47 bits per heavy atom. The summed E-state index contributed by atoms with van der Waals surface area (Å²) in [5.41, 5.74) is 3.35. The fourth-order valence-electron chi connectivity index (χ4n) is 3.53. The molecule has 1 heterocycles. The zero-order valence-corrected chi connectivity index (χ0v) is 19.0. The van der Waals surface area contributed by atoms with Gasteiger partial charge in [-0.25, -0.2) is 4.98 Å². The third-order valence-corrected chi connectivity index (χ3v) is 5.18. The van der Waals surface area contributed by atoms with Crippen molar-refractivity contribution < 1.29 is 19.1 Å². The second-order valence-corrected chi connectivity index (χ2v) is 7.52. The van der Waals surface area contributed by atoms with Gasteiger partial charge in [0.05, 0.1) is 23.9 Å². The number of hydrogen-bond acceptors (Lipinski definition) is 5. The number of rotatable bonds is 8. The second kappa shape index (κ2) is 10.5. The Balaban J connectivity index is 1.61. The van der Waals surface area contributed by atoms with Gasteiger partial charge in [0.15, 0.2) is 6.61 Å². The van der Waals surface area contributed by atoms with E-state index in [1.165, 1.54) is 0 Å². The van der Waals surface area contributed by atoms with E-state index in [1.807, 2.05) is 55.5 Å². The summed E-state index contributed by atoms with van der Waals surface area (Å²) in [6.45, 7) is 2.29. The minimum atomic E-state index is -0.269. The van der Waals surface area contributed by atoms with Gasteiger partial charge in [0.25, 0.3) is 11.8 Å². The van der Waals surface area contributed by atoms with Crippen molar-refractivity contribution in [2.24, 2.45) is 0 Å². The third-order valence-electron chi connectivity index (χ3n) is 5.18. The summed E-state index contributed by atoms with van der Waals surface area (Å²) in [5.74, 6) is 0.764. The number of nitrogens with one attached hydrogen (secondary N) is 2. The number of aromatic nitrogens is 1. The van der Waals surface area contributed by atoms with Crippen molar-refractivity contribution in [3.63, 3.8) is 0 Å². The van der Waals surface area contributed by atoms with E-state index < -0.39 is 0 Å². The first kappa shape index (κ1) is 22.8. The number of benzene rings is 3. The van der Waals surface area contributed by atoms with Crippen LogP contribution in [-0.4, -0.2) is 37.1 Å². The first-order chi connectivity index (χ1) is 16.6. The molecular formula is C27H25N3O4. The van der Waals surface area contributed by atoms with E-state index in [2.05, 4.69) is 10.6 Å². The van der Waals surface area contributed by atoms with E-state index in [-0.39, 0.29) is 18.4 Å². The molecule has 1 aromatic heterocycles. The maximum Gasteiger partial charge on any atom is 0.257 e. The topological polar surface area (TPSA) is 89.6 Å². The molecule has 0 bridgehead atoms. The lowest BCUT2D eigenvalue weighted by molar-refractivity contribution is -0.122. The number of pyridine rings is 1. The molecule has 2 N–H and O–H groups in total. The van der Waals surface area contributed by atoms with E-state index in [1.54, 1.807) is 37.4 Å². The molecule has 34 heavy (non-hydrogen) atoms. The fraction of sp³-hybridized carbons (Fsp3) is 0.148. The van der Waals surface area contributed by atoms with Crippen molar-refractivity contribution in [2.75, 3.05) is 25.6 Å². The molecular weight excluding hydrogens is 430 g/mol. The van der Waals surface area contributed by atoms with Gasteiger partial charge in [-0.2, -0.15) is 0 Å². The van der Waals surface area contributed by atoms with Crippen LogP contribution in [0.25, 0.3) is 22.2 Å². The van der Waals surface area contributed by atoms with Crippen LogP contribution in [0.5, 0.6) is 11.5 Å². The molecule has 4 aromatic rings. The van der Waals surface area contributed by atoms with Crippen LogP contribution in [0, 0.1) is 0 Å². The highest BCUT2D eigenvalue weighted by Crippen LogP contribution is 2.27. The summed E-state index contributed by atoms with van der Waals surface area (Å²) in [6.07, 6.45) is 0. The van der Waals surface area contributed by atoms with Crippen LogP contribution >= 0.6 is 0 Å². The summed E-state index contributed by atoms with van der Waals surface area (Å²) in [6, 6.07) is 23.8. The summed E-state index contributed by atoms with van der Waals surface area (Å²) in [7, 11) is 1.62. The minimum absolute atomic E-state index is 0.0918. The van der Waals surface area contributed by atoms with Crippen LogP contribution in [0.4, 0.5) is 5.69 Å². The van der Waals surface area contributed by atoms with Crippen molar-refractivity contribution in [3.8, 4) is 22.8 Å². The molecule has 0 atom stereocenters. The highest BCUT2D eigenvalue weighted by molar-refractivity contribution is 6.13. The number of methoxy groups -OCH3 is 1. The van der Waals surface area contributed by atoms with Gasteiger partial charge >= 0.3 is 0 Å². The molecule has 4 rings (SSSR count). The van der Waals surface area contributed by atoms with Crippen molar-refractivity contribution >= 4 is 28.4 Å². The van der Waals surface area contributed by atoms with E-state index in [0.717, 1.165) is 22.2 Å². The molecule has 3 aromatic carbocycles. The number of nitrogens with zero attached hydrogens (tertiary/aromatic N) is 1. The first-order valence-electron chi connectivity index (χ1n) is 10.9. The summed E-state index contributed by atoms with van der Waals surface area (Å²) < 4.78 is 10.8. The molecule has 2 amide bonds. The van der Waals surface area contributed by atoms with Gasteiger partial charge in [0, 0.05) is 29.2 Å². The number of hydrogen-bond donors (Lipinski definition) is 2. The van der Waals surface area contributed by atoms with E-state index >= 15 is 0 Å². The van der Waals surface area contributed by atoms with E-state index in [9.17, 15) is 9.59 Å². The Morgan fingerprint density at radius 2 is 1.71 bits per heavy atom. The maximum absolute atomic E-state index is 13.3. The fourth-order valence-corrected chi connectivity index (χ4v) is 3.53. The van der Waals surface area contributed by atoms with Crippen LogP contribution in [0.1, 0.15) is 17.3 Å². The van der Waals surface area contributed by atoms with Gasteiger partial charge in [-0.15, -0.1) is 0 Å². The number of fused-ring (bicyclic) bond motifs is 1. The van der Waals surface area contributed by atoms with Crippen molar-refractivity contribution in [2.45, 2.75) is 6.92 Å². The van der Waals surface area contributed by atoms with Crippen LogP contribution in [0.3, 0.4) is 0 Å². The SMILES string of the molecule is CCNC(=O)COc1cccc(NC(=O)c2cc(-c3ccc(OC)cc3)nc3ccccc23)c1. The number of para-hydroxylation sites is 1. The Labute approximate surface area is 197 Å². The number of amides is 2. The predicted molar refractivity (Wildman–Crippen MR) is 132 cm³/mol. The first-order valence-corrected chi connectivity index (χ1v) is 10.9. The maximum atomic E-state index is 13.3. The smallest absolute Gasteiger partial charge is 0.257 e. The lowest BCUT2D eigenvalue weighted by atomic mass is 10.0. The molecule has 7 heteroatoms. The molecule has 0 aliphatic carbocycles. The molecule has 0 radical (unpaired) electrons. The van der Waals surface area contributed by atoms with Gasteiger partial charge in [-0.05, 0) is 55.5 Å². The van der Waals surface area contributed by atoms with Gasteiger partial charge in [-0.3, -0.25) is 9.59 Å². The molecule has 0 aliphatic heterocycles. The number of anilines is 1. The van der Waals surface area contributed by atoms with E-state index in [4.69, 9.17) is 14.5 Å². The Morgan fingerprint density at radius 1 is 0.912 bits per heavy atom. The summed E-state index contributed by atoms with van der Waals surface area (Å²) >= 11 is 0. The number of likely N-dealkylation sites (N-methyl/N-ethyl adjacent to an activating group) is 1. The largest absolute Gasteiger partial charge is 0.497 e. The Bertz CT molecular complexity index is 1320. The minimum Gasteiger partial charge on any atom is -0.497 e. The molecule has 0 saturated heterocycles. The highest BCUT2D eigenvalue weighted by atomic mass is 16.5. The second-order valence-electron chi connectivity index (χ2n) is 7.52. The van der Waals surface area contributed by atoms with Crippen LogP contribution in [0.15, 0.2) is 78.9 Å². The molecule has 0 aliphatic rings. The Kier molecular flexibility index (Phi) is 7.03. The van der Waals surface area contributed by atoms with Gasteiger partial charge in [-0.1, -0.05) is 24.3 Å².